The van der Waals surface area contributed by atoms with Crippen LogP contribution in [0.5, 0.6) is 5.75 Å². The van der Waals surface area contributed by atoms with Crippen LogP contribution in [0.25, 0.3) is 10.9 Å². The summed E-state index contributed by atoms with van der Waals surface area (Å²) in [7, 11) is 0.622. The molecule has 2 heterocycles. The number of rotatable bonds is 10. The van der Waals surface area contributed by atoms with Gasteiger partial charge in [-0.3, -0.25) is 9.59 Å². The second-order valence-electron chi connectivity index (χ2n) is 13.6. The first-order valence-corrected chi connectivity index (χ1v) is 18.6. The van der Waals surface area contributed by atoms with Gasteiger partial charge in [0.1, 0.15) is 17.1 Å². The van der Waals surface area contributed by atoms with E-state index in [1.54, 1.807) is 29.3 Å². The van der Waals surface area contributed by atoms with Crippen molar-refractivity contribution in [2.24, 2.45) is 5.92 Å². The van der Waals surface area contributed by atoms with Crippen LogP contribution in [0.15, 0.2) is 35.3 Å². The van der Waals surface area contributed by atoms with Crippen molar-refractivity contribution in [3.63, 3.8) is 0 Å². The highest BCUT2D eigenvalue weighted by Crippen LogP contribution is 2.38. The van der Waals surface area contributed by atoms with Gasteiger partial charge >= 0.3 is 5.97 Å². The van der Waals surface area contributed by atoms with Gasteiger partial charge in [0.15, 0.2) is 8.32 Å². The second kappa shape index (κ2) is 13.3. The van der Waals surface area contributed by atoms with E-state index in [4.69, 9.17) is 25.5 Å². The highest BCUT2D eigenvalue weighted by molar-refractivity contribution is 6.74. The molecule has 0 spiro atoms. The molecule has 4 rings (SSSR count). The topological polar surface area (TPSA) is 87.1 Å². The monoisotopic (exact) mass is 658 g/mol. The first kappa shape index (κ1) is 34.7. The van der Waals surface area contributed by atoms with Gasteiger partial charge in [0, 0.05) is 42.7 Å². The van der Waals surface area contributed by atoms with Gasteiger partial charge in [0.25, 0.3) is 0 Å². The molecular weight excluding hydrogens is 615 g/mol. The van der Waals surface area contributed by atoms with Gasteiger partial charge in [-0.15, -0.1) is 0 Å². The molecule has 1 aromatic heterocycles. The SMILES string of the molecule is COC(=O)c1cn([C@H](CO[Si](C)(C)C(C)(C)C)C(C)C)c2cc(OC)c(Cc3cc(N4CCCC4=O)cc(Cl)c3F)cc2c1=O. The lowest BCUT2D eigenvalue weighted by Gasteiger charge is -2.38. The molecule has 1 atom stereocenters. The van der Waals surface area contributed by atoms with Crippen LogP contribution in [-0.2, 0) is 20.4 Å². The van der Waals surface area contributed by atoms with Gasteiger partial charge in [0.2, 0.25) is 11.3 Å². The standard InChI is InChI=1S/C34H44ClFN2O6Si/c1-20(2)28(19-44-45(8,9)34(3,4)5)38-18-25(33(41)43-7)32(40)24-15-21(29(42-6)17-27(24)38)13-22-14-23(16-26(35)31(22)36)37-12-10-11-30(37)39/h14-18,20,28H,10-13,19H2,1-9H3/t28-/m1/s1. The van der Waals surface area contributed by atoms with Crippen molar-refractivity contribution in [1.82, 2.24) is 4.57 Å². The number of amides is 1. The predicted octanol–water partition coefficient (Wildman–Crippen LogP) is 7.53. The number of pyridine rings is 1. The predicted molar refractivity (Wildman–Crippen MR) is 179 cm³/mol. The molecule has 0 bridgehead atoms. The summed E-state index contributed by atoms with van der Waals surface area (Å²) in [5.74, 6) is -0.893. The van der Waals surface area contributed by atoms with Crippen molar-refractivity contribution < 1.29 is 27.9 Å². The van der Waals surface area contributed by atoms with Gasteiger partial charge in [-0.2, -0.15) is 0 Å². The van der Waals surface area contributed by atoms with E-state index in [1.165, 1.54) is 20.3 Å². The van der Waals surface area contributed by atoms with Gasteiger partial charge in [0.05, 0.1) is 37.4 Å². The molecule has 244 valence electrons. The summed E-state index contributed by atoms with van der Waals surface area (Å²) >= 11 is 6.29. The minimum Gasteiger partial charge on any atom is -0.496 e. The number of halogens is 2. The molecule has 1 fully saturated rings. The number of fused-ring (bicyclic) bond motifs is 1. The number of carbonyl (C=O) groups is 2. The number of anilines is 1. The Balaban J connectivity index is 1.89. The van der Waals surface area contributed by atoms with Crippen molar-refractivity contribution in [3.05, 3.63) is 68.2 Å². The largest absolute Gasteiger partial charge is 0.496 e. The molecule has 11 heteroatoms. The first-order valence-electron chi connectivity index (χ1n) is 15.3. The molecule has 2 aromatic carbocycles. The third-order valence-corrected chi connectivity index (χ3v) is 14.0. The molecule has 0 unspecified atom stereocenters. The first-order chi connectivity index (χ1) is 21.0. The van der Waals surface area contributed by atoms with Crippen LogP contribution in [0.2, 0.25) is 23.2 Å². The Morgan fingerprint density at radius 2 is 1.78 bits per heavy atom. The Morgan fingerprint density at radius 3 is 2.33 bits per heavy atom. The van der Waals surface area contributed by atoms with Crippen LogP contribution < -0.4 is 15.1 Å². The number of esters is 1. The highest BCUT2D eigenvalue weighted by atomic mass is 35.5. The maximum absolute atomic E-state index is 15.4. The molecule has 1 aliphatic heterocycles. The van der Waals surface area contributed by atoms with Crippen LogP contribution in [0, 0.1) is 11.7 Å². The van der Waals surface area contributed by atoms with E-state index in [0.29, 0.717) is 42.1 Å². The fraction of sp³-hybridized carbons (Fsp3) is 0.500. The zero-order valence-electron chi connectivity index (χ0n) is 27.7. The van der Waals surface area contributed by atoms with Crippen molar-refractivity contribution in [3.8, 4) is 5.75 Å². The summed E-state index contributed by atoms with van der Waals surface area (Å²) in [6, 6.07) is 6.24. The molecular formula is C34H44ClFN2O6Si. The normalized spacial score (nSPS) is 14.8. The van der Waals surface area contributed by atoms with E-state index in [1.807, 2.05) is 4.57 Å². The van der Waals surface area contributed by atoms with E-state index < -0.39 is 25.5 Å². The third-order valence-electron chi connectivity index (χ3n) is 9.24. The van der Waals surface area contributed by atoms with Gasteiger partial charge in [-0.25, -0.2) is 9.18 Å². The molecule has 3 aromatic rings. The average molecular weight is 659 g/mol. The van der Waals surface area contributed by atoms with E-state index in [0.717, 1.165) is 6.42 Å². The van der Waals surface area contributed by atoms with Crippen molar-refractivity contribution in [2.75, 3.05) is 32.3 Å². The zero-order valence-corrected chi connectivity index (χ0v) is 29.4. The third kappa shape index (κ3) is 6.98. The number of hydrogen-bond donors (Lipinski definition) is 0. The van der Waals surface area contributed by atoms with Crippen LogP contribution >= 0.6 is 11.6 Å². The minimum absolute atomic E-state index is 0.00697. The van der Waals surface area contributed by atoms with Crippen molar-refractivity contribution in [2.45, 2.75) is 78.1 Å². The number of carbonyl (C=O) groups excluding carboxylic acids is 2. The zero-order chi connectivity index (χ0) is 33.4. The quantitative estimate of drug-likeness (QED) is 0.165. The lowest BCUT2D eigenvalue weighted by molar-refractivity contribution is -0.117. The molecule has 0 saturated carbocycles. The lowest BCUT2D eigenvalue weighted by Crippen LogP contribution is -2.42. The Kier molecular flexibility index (Phi) is 10.2. The molecule has 0 radical (unpaired) electrons. The fourth-order valence-electron chi connectivity index (χ4n) is 5.42. The summed E-state index contributed by atoms with van der Waals surface area (Å²) < 4.78 is 34.7. The van der Waals surface area contributed by atoms with Crippen LogP contribution in [0.1, 0.15) is 75.0 Å². The number of benzene rings is 2. The summed E-state index contributed by atoms with van der Waals surface area (Å²) in [5.41, 5.74) is 1.25. The van der Waals surface area contributed by atoms with Gasteiger partial charge in [-0.05, 0) is 59.8 Å². The smallest absolute Gasteiger partial charge is 0.343 e. The minimum atomic E-state index is -2.13. The summed E-state index contributed by atoms with van der Waals surface area (Å²) in [6.07, 6.45) is 2.72. The Morgan fingerprint density at radius 1 is 1.09 bits per heavy atom. The molecule has 0 N–H and O–H groups in total. The number of aromatic nitrogens is 1. The van der Waals surface area contributed by atoms with E-state index in [9.17, 15) is 14.4 Å². The maximum Gasteiger partial charge on any atom is 0.343 e. The average Bonchev–Trinajstić information content (AvgIpc) is 3.40. The number of methoxy groups -OCH3 is 2. The maximum atomic E-state index is 15.4. The van der Waals surface area contributed by atoms with Gasteiger partial charge in [-0.1, -0.05) is 46.2 Å². The summed E-state index contributed by atoms with van der Waals surface area (Å²) in [6.45, 7) is 15.9. The fourth-order valence-corrected chi connectivity index (χ4v) is 6.68. The van der Waals surface area contributed by atoms with Crippen molar-refractivity contribution >= 4 is 48.4 Å². The molecule has 1 amide bonds. The molecule has 1 saturated heterocycles. The van der Waals surface area contributed by atoms with Crippen LogP contribution in [0.3, 0.4) is 0 Å². The number of hydrogen-bond acceptors (Lipinski definition) is 6. The molecule has 8 nitrogen and oxygen atoms in total. The molecule has 0 aliphatic carbocycles. The number of nitrogens with zero attached hydrogens (tertiary/aromatic N) is 2. The Labute approximate surface area is 270 Å². The summed E-state index contributed by atoms with van der Waals surface area (Å²) in [4.78, 5) is 40.7. The molecule has 45 heavy (non-hydrogen) atoms. The lowest BCUT2D eigenvalue weighted by atomic mass is 9.98. The number of ether oxygens (including phenoxy) is 2. The van der Waals surface area contributed by atoms with Crippen LogP contribution in [-0.4, -0.2) is 52.1 Å². The van der Waals surface area contributed by atoms with E-state index in [-0.39, 0.29) is 50.9 Å². The summed E-state index contributed by atoms with van der Waals surface area (Å²) in [5, 5.41) is 0.162. The van der Waals surface area contributed by atoms with E-state index in [2.05, 4.69) is 47.7 Å². The van der Waals surface area contributed by atoms with Crippen molar-refractivity contribution in [1.29, 1.82) is 0 Å². The highest BCUT2D eigenvalue weighted by Gasteiger charge is 2.38. The molecule has 1 aliphatic rings. The van der Waals surface area contributed by atoms with E-state index >= 15 is 4.39 Å². The Hall–Kier alpha value is -3.21. The second-order valence-corrected chi connectivity index (χ2v) is 18.8. The van der Waals surface area contributed by atoms with Gasteiger partial charge < -0.3 is 23.4 Å². The Bertz CT molecular complexity index is 1680. The van der Waals surface area contributed by atoms with Crippen LogP contribution in [0.4, 0.5) is 10.1 Å².